The fourth-order valence-electron chi connectivity index (χ4n) is 1.87. The Kier molecular flexibility index (Phi) is 3.64. The summed E-state index contributed by atoms with van der Waals surface area (Å²) in [7, 11) is 0. The lowest BCUT2D eigenvalue weighted by atomic mass is 9.96. The quantitative estimate of drug-likeness (QED) is 0.872. The maximum absolute atomic E-state index is 11.5. The molecular weight excluding hydrogens is 284 g/mol. The lowest BCUT2D eigenvalue weighted by Gasteiger charge is -2.14. The molecule has 0 saturated carbocycles. The molecular formula is C13H13BrO3. The van der Waals surface area contributed by atoms with E-state index < -0.39 is 12.0 Å². The largest absolute Gasteiger partial charge is 0.431 e. The summed E-state index contributed by atoms with van der Waals surface area (Å²) in [6, 6.07) is 7.65. The second kappa shape index (κ2) is 5.02. The van der Waals surface area contributed by atoms with Crippen LogP contribution in [0.5, 0.6) is 0 Å². The summed E-state index contributed by atoms with van der Waals surface area (Å²) >= 11 is 3.42. The van der Waals surface area contributed by atoms with Crippen molar-refractivity contribution >= 4 is 21.9 Å². The van der Waals surface area contributed by atoms with E-state index in [0.29, 0.717) is 12.2 Å². The number of allylic oxidation sites excluding steroid dienone is 1. The average Bonchev–Trinajstić information content (AvgIpc) is 2.61. The van der Waals surface area contributed by atoms with Gasteiger partial charge in [0.2, 0.25) is 0 Å². The summed E-state index contributed by atoms with van der Waals surface area (Å²) in [6.07, 6.45) is 1.34. The normalized spacial score (nSPS) is 21.0. The van der Waals surface area contributed by atoms with Crippen molar-refractivity contribution in [3.05, 3.63) is 46.1 Å². The first kappa shape index (κ1) is 12.3. The third kappa shape index (κ3) is 2.76. The van der Waals surface area contributed by atoms with Gasteiger partial charge in [0.05, 0.1) is 6.10 Å². The predicted molar refractivity (Wildman–Crippen MR) is 67.2 cm³/mol. The third-order valence-corrected chi connectivity index (χ3v) is 3.52. The lowest BCUT2D eigenvalue weighted by molar-refractivity contribution is -0.142. The monoisotopic (exact) mass is 296 g/mol. The molecule has 17 heavy (non-hydrogen) atoms. The first-order valence-corrected chi connectivity index (χ1v) is 6.19. The number of cyclic esters (lactones) is 1. The molecule has 2 unspecified atom stereocenters. The minimum Gasteiger partial charge on any atom is -0.431 e. The fraction of sp³-hybridized carbons (Fsp3) is 0.308. The molecule has 2 rings (SSSR count). The summed E-state index contributed by atoms with van der Waals surface area (Å²) in [5, 5.41) is 10.0. The molecule has 0 bridgehead atoms. The van der Waals surface area contributed by atoms with Crippen LogP contribution in [0.25, 0.3) is 0 Å². The minimum absolute atomic E-state index is 0.373. The molecule has 1 N–H and O–H groups in total. The molecule has 0 spiro atoms. The van der Waals surface area contributed by atoms with E-state index in [1.165, 1.54) is 0 Å². The number of ether oxygens (including phenoxy) is 1. The van der Waals surface area contributed by atoms with Crippen molar-refractivity contribution in [3.63, 3.8) is 0 Å². The van der Waals surface area contributed by atoms with Crippen LogP contribution in [0.15, 0.2) is 40.6 Å². The number of rotatable bonds is 3. The molecule has 0 aromatic heterocycles. The lowest BCUT2D eigenvalue weighted by Crippen LogP contribution is -2.26. The molecule has 1 aliphatic heterocycles. The zero-order valence-corrected chi connectivity index (χ0v) is 11.0. The molecule has 4 heteroatoms. The second-order valence-corrected chi connectivity index (χ2v) is 4.94. The van der Waals surface area contributed by atoms with Gasteiger partial charge in [-0.25, -0.2) is 0 Å². The van der Waals surface area contributed by atoms with Gasteiger partial charge in [-0.15, -0.1) is 0 Å². The number of carbonyl (C=O) groups excluding carboxylic acids is 1. The van der Waals surface area contributed by atoms with E-state index in [-0.39, 0.29) is 5.97 Å². The van der Waals surface area contributed by atoms with Gasteiger partial charge in [0.15, 0.2) is 0 Å². The number of hydrogen-bond acceptors (Lipinski definition) is 3. The summed E-state index contributed by atoms with van der Waals surface area (Å²) in [4.78, 5) is 11.5. The van der Waals surface area contributed by atoms with Crippen LogP contribution in [-0.4, -0.2) is 17.2 Å². The summed E-state index contributed by atoms with van der Waals surface area (Å²) in [5.74, 6) is -0.365. The van der Waals surface area contributed by atoms with Gasteiger partial charge < -0.3 is 9.84 Å². The van der Waals surface area contributed by atoms with Crippen molar-refractivity contribution in [1.29, 1.82) is 0 Å². The molecule has 3 nitrogen and oxygen atoms in total. The molecule has 0 amide bonds. The highest BCUT2D eigenvalue weighted by Gasteiger charge is 2.32. The van der Waals surface area contributed by atoms with Gasteiger partial charge in [0, 0.05) is 10.9 Å². The number of aliphatic hydroxyl groups excluding tert-OH is 1. The van der Waals surface area contributed by atoms with Gasteiger partial charge in [0.25, 0.3) is 0 Å². The van der Waals surface area contributed by atoms with Gasteiger partial charge >= 0.3 is 5.97 Å². The van der Waals surface area contributed by atoms with E-state index in [4.69, 9.17) is 4.74 Å². The average molecular weight is 297 g/mol. The molecule has 1 heterocycles. The number of carbonyl (C=O) groups is 1. The highest BCUT2D eigenvalue weighted by Crippen LogP contribution is 2.25. The van der Waals surface area contributed by atoms with Crippen LogP contribution in [0.1, 0.15) is 12.5 Å². The first-order valence-electron chi connectivity index (χ1n) is 5.39. The molecule has 0 saturated heterocycles. The SMILES string of the molecule is CC1=CC(C(O)Cc2ccccc2Br)C(=O)O1. The molecule has 0 aliphatic carbocycles. The Bertz CT molecular complexity index is 467. The highest BCUT2D eigenvalue weighted by molar-refractivity contribution is 9.10. The summed E-state index contributed by atoms with van der Waals surface area (Å²) in [5.41, 5.74) is 0.978. The highest BCUT2D eigenvalue weighted by atomic mass is 79.9. The van der Waals surface area contributed by atoms with Gasteiger partial charge in [-0.1, -0.05) is 34.1 Å². The maximum atomic E-state index is 11.5. The molecule has 1 aliphatic rings. The molecule has 1 aromatic carbocycles. The number of aliphatic hydroxyl groups is 1. The van der Waals surface area contributed by atoms with Crippen LogP contribution in [0.4, 0.5) is 0 Å². The van der Waals surface area contributed by atoms with E-state index >= 15 is 0 Å². The van der Waals surface area contributed by atoms with Crippen LogP contribution in [0, 0.1) is 5.92 Å². The van der Waals surface area contributed by atoms with Crippen molar-refractivity contribution in [2.24, 2.45) is 5.92 Å². The van der Waals surface area contributed by atoms with E-state index in [2.05, 4.69) is 15.9 Å². The Morgan fingerprint density at radius 3 is 2.76 bits per heavy atom. The molecule has 1 aromatic rings. The van der Waals surface area contributed by atoms with E-state index in [9.17, 15) is 9.90 Å². The van der Waals surface area contributed by atoms with Crippen molar-refractivity contribution in [1.82, 2.24) is 0 Å². The van der Waals surface area contributed by atoms with Crippen LogP contribution in [0.2, 0.25) is 0 Å². The van der Waals surface area contributed by atoms with E-state index in [1.54, 1.807) is 13.0 Å². The van der Waals surface area contributed by atoms with Crippen LogP contribution < -0.4 is 0 Å². The summed E-state index contributed by atoms with van der Waals surface area (Å²) in [6.45, 7) is 1.71. The molecule has 0 fully saturated rings. The molecule has 0 radical (unpaired) electrons. The van der Waals surface area contributed by atoms with Crippen LogP contribution in [-0.2, 0) is 16.0 Å². The Balaban J connectivity index is 2.10. The zero-order chi connectivity index (χ0) is 12.4. The van der Waals surface area contributed by atoms with Gasteiger partial charge in [-0.2, -0.15) is 0 Å². The van der Waals surface area contributed by atoms with Crippen molar-refractivity contribution in [2.45, 2.75) is 19.4 Å². The Labute approximate surface area is 108 Å². The van der Waals surface area contributed by atoms with Gasteiger partial charge in [0.1, 0.15) is 11.7 Å². The number of esters is 1. The number of benzene rings is 1. The van der Waals surface area contributed by atoms with E-state index in [1.807, 2.05) is 24.3 Å². The smallest absolute Gasteiger partial charge is 0.320 e. The van der Waals surface area contributed by atoms with Gasteiger partial charge in [-0.05, 0) is 24.6 Å². The predicted octanol–water partition coefficient (Wildman–Crippen LogP) is 2.43. The first-order chi connectivity index (χ1) is 8.08. The molecule has 90 valence electrons. The van der Waals surface area contributed by atoms with Gasteiger partial charge in [-0.3, -0.25) is 4.79 Å². The zero-order valence-electron chi connectivity index (χ0n) is 9.39. The fourth-order valence-corrected chi connectivity index (χ4v) is 2.31. The van der Waals surface area contributed by atoms with Crippen molar-refractivity contribution in [3.8, 4) is 0 Å². The van der Waals surface area contributed by atoms with Crippen LogP contribution >= 0.6 is 15.9 Å². The Morgan fingerprint density at radius 1 is 1.47 bits per heavy atom. The molecule has 2 atom stereocenters. The standard InChI is InChI=1S/C13H13BrO3/c1-8-6-10(13(16)17-8)12(15)7-9-4-2-3-5-11(9)14/h2-6,10,12,15H,7H2,1H3. The van der Waals surface area contributed by atoms with E-state index in [0.717, 1.165) is 10.0 Å². The second-order valence-electron chi connectivity index (χ2n) is 4.09. The Hall–Kier alpha value is -1.13. The Morgan fingerprint density at radius 2 is 2.18 bits per heavy atom. The third-order valence-electron chi connectivity index (χ3n) is 2.75. The van der Waals surface area contributed by atoms with Crippen molar-refractivity contribution < 1.29 is 14.6 Å². The van der Waals surface area contributed by atoms with Crippen molar-refractivity contribution in [2.75, 3.05) is 0 Å². The minimum atomic E-state index is -0.751. The number of hydrogen-bond donors (Lipinski definition) is 1. The van der Waals surface area contributed by atoms with Crippen LogP contribution in [0.3, 0.4) is 0 Å². The maximum Gasteiger partial charge on any atom is 0.320 e. The topological polar surface area (TPSA) is 46.5 Å². The number of halogens is 1. The summed E-state index contributed by atoms with van der Waals surface area (Å²) < 4.78 is 5.85.